The van der Waals surface area contributed by atoms with Crippen LogP contribution in [0.3, 0.4) is 0 Å². The molecular weight excluding hydrogens is 610 g/mol. The van der Waals surface area contributed by atoms with E-state index in [9.17, 15) is 14.7 Å². The maximum atomic E-state index is 12.6. The number of esters is 2. The summed E-state index contributed by atoms with van der Waals surface area (Å²) in [5.74, 6) is -0.486. The Morgan fingerprint density at radius 1 is 0.490 bits per heavy atom. The van der Waals surface area contributed by atoms with Crippen LogP contribution in [0.5, 0.6) is 0 Å². The molecule has 3 atom stereocenters. The summed E-state index contributed by atoms with van der Waals surface area (Å²) in [5, 5.41) is 10.1. The molecule has 0 saturated carbocycles. The van der Waals surface area contributed by atoms with E-state index in [1.54, 1.807) is 25.7 Å². The van der Waals surface area contributed by atoms with Gasteiger partial charge in [-0.3, -0.25) is 9.59 Å². The van der Waals surface area contributed by atoms with E-state index < -0.39 is 18.6 Å². The minimum Gasteiger partial charge on any atom is -0.447 e. The molecule has 0 saturated heterocycles. The second-order valence-electron chi connectivity index (χ2n) is 14.4. The Morgan fingerprint density at radius 2 is 0.776 bits per heavy atom. The number of hydrogen-bond acceptors (Lipinski definition) is 6. The lowest BCUT2D eigenvalue weighted by molar-refractivity contribution is -0.183. The largest absolute Gasteiger partial charge is 0.447 e. The number of carbonyl (C=O) groups excluding carboxylic acids is 2. The topological polar surface area (TPSA) is 76.1 Å². The molecule has 0 aliphatic heterocycles. The van der Waals surface area contributed by atoms with Crippen LogP contribution in [0, 0.1) is 0 Å². The maximum Gasteiger partial charge on any atom is 0.307 e. The lowest BCUT2D eigenvalue weighted by Crippen LogP contribution is -2.47. The molecule has 0 aromatic carbocycles. The summed E-state index contributed by atoms with van der Waals surface area (Å²) < 4.78 is 11.4. The first-order chi connectivity index (χ1) is 23.8. The molecule has 1 N–H and O–H groups in total. The standard InChI is InChI=1S/C43H81NO5/c1-6-8-10-12-14-16-18-20-22-24-26-28-30-32-34-36-42(46)48-40(4)44(38-39(3)45)41(5)49-43(47)37-35-33-31-29-27-25-23-21-19-17-15-13-11-9-7-2/h20-23,39-41,45H,6-19,24-38H2,1-5H3. The van der Waals surface area contributed by atoms with E-state index >= 15 is 0 Å². The summed E-state index contributed by atoms with van der Waals surface area (Å²) in [6, 6.07) is 0. The number of carbonyl (C=O) groups is 2. The Labute approximate surface area is 304 Å². The number of aliphatic hydroxyl groups excluding tert-OH is 1. The lowest BCUT2D eigenvalue weighted by atomic mass is 10.1. The summed E-state index contributed by atoms with van der Waals surface area (Å²) in [4.78, 5) is 26.9. The molecule has 0 heterocycles. The highest BCUT2D eigenvalue weighted by atomic mass is 16.6. The Balaban J connectivity index is 4.03. The van der Waals surface area contributed by atoms with Crippen molar-refractivity contribution < 1.29 is 24.2 Å². The van der Waals surface area contributed by atoms with Gasteiger partial charge in [0, 0.05) is 19.4 Å². The molecule has 0 aromatic rings. The highest BCUT2D eigenvalue weighted by Crippen LogP contribution is 2.16. The Bertz CT molecular complexity index is 735. The van der Waals surface area contributed by atoms with Crippen LogP contribution in [0.25, 0.3) is 0 Å². The van der Waals surface area contributed by atoms with Gasteiger partial charge in [0.1, 0.15) is 0 Å². The highest BCUT2D eigenvalue weighted by molar-refractivity contribution is 5.70. The van der Waals surface area contributed by atoms with E-state index in [1.165, 1.54) is 116 Å². The van der Waals surface area contributed by atoms with E-state index in [-0.39, 0.29) is 18.5 Å². The van der Waals surface area contributed by atoms with Gasteiger partial charge in [-0.15, -0.1) is 0 Å². The van der Waals surface area contributed by atoms with Crippen molar-refractivity contribution in [3.8, 4) is 0 Å². The van der Waals surface area contributed by atoms with Gasteiger partial charge in [0.15, 0.2) is 12.5 Å². The Hall–Kier alpha value is -1.66. The second kappa shape index (κ2) is 36.1. The number of unbranched alkanes of at least 4 members (excludes halogenated alkanes) is 22. The summed E-state index contributed by atoms with van der Waals surface area (Å²) in [5.41, 5.74) is 0. The van der Waals surface area contributed by atoms with Gasteiger partial charge in [-0.1, -0.05) is 141 Å². The number of rotatable bonds is 36. The third-order valence-corrected chi connectivity index (χ3v) is 9.30. The fraction of sp³-hybridized carbons (Fsp3) is 0.860. The van der Waals surface area contributed by atoms with Crippen molar-refractivity contribution in [3.63, 3.8) is 0 Å². The zero-order valence-corrected chi connectivity index (χ0v) is 33.1. The fourth-order valence-corrected chi connectivity index (χ4v) is 6.21. The predicted octanol–water partition coefficient (Wildman–Crippen LogP) is 12.5. The van der Waals surface area contributed by atoms with Gasteiger partial charge in [-0.2, -0.15) is 0 Å². The average molecular weight is 692 g/mol. The van der Waals surface area contributed by atoms with Gasteiger partial charge in [0.25, 0.3) is 0 Å². The van der Waals surface area contributed by atoms with Gasteiger partial charge >= 0.3 is 11.9 Å². The lowest BCUT2D eigenvalue weighted by Gasteiger charge is -2.34. The Kier molecular flexibility index (Phi) is 34.9. The molecule has 0 amide bonds. The SMILES string of the molecule is CCCCCCCCC=CCCCCCCCC(=O)OC(C)N(CC(C)O)C(C)OC(=O)CCCCCCCC=CCCCCCCCC. The van der Waals surface area contributed by atoms with Crippen molar-refractivity contribution in [1.29, 1.82) is 0 Å². The van der Waals surface area contributed by atoms with Crippen LogP contribution in [-0.2, 0) is 19.1 Å². The van der Waals surface area contributed by atoms with E-state index in [0.29, 0.717) is 12.8 Å². The van der Waals surface area contributed by atoms with Crippen molar-refractivity contribution in [1.82, 2.24) is 4.90 Å². The van der Waals surface area contributed by atoms with Crippen molar-refractivity contribution in [2.45, 2.75) is 233 Å². The third-order valence-electron chi connectivity index (χ3n) is 9.30. The molecule has 0 aromatic heterocycles. The van der Waals surface area contributed by atoms with Gasteiger partial charge in [0.2, 0.25) is 0 Å². The molecule has 0 aliphatic carbocycles. The summed E-state index contributed by atoms with van der Waals surface area (Å²) >= 11 is 0. The van der Waals surface area contributed by atoms with Crippen molar-refractivity contribution in [2.24, 2.45) is 0 Å². The van der Waals surface area contributed by atoms with E-state index in [2.05, 4.69) is 38.2 Å². The van der Waals surface area contributed by atoms with Gasteiger partial charge in [-0.05, 0) is 85.0 Å². The smallest absolute Gasteiger partial charge is 0.307 e. The monoisotopic (exact) mass is 692 g/mol. The Morgan fingerprint density at radius 3 is 1.08 bits per heavy atom. The average Bonchev–Trinajstić information content (AvgIpc) is 3.06. The van der Waals surface area contributed by atoms with Crippen LogP contribution in [-0.4, -0.2) is 47.0 Å². The number of allylic oxidation sites excluding steroid dienone is 4. The molecular formula is C43H81NO5. The third kappa shape index (κ3) is 33.3. The molecule has 0 spiro atoms. The number of aliphatic hydroxyl groups is 1. The summed E-state index contributed by atoms with van der Waals surface area (Å²) in [6.07, 6.45) is 40.0. The molecule has 0 bridgehead atoms. The predicted molar refractivity (Wildman–Crippen MR) is 208 cm³/mol. The van der Waals surface area contributed by atoms with Gasteiger partial charge < -0.3 is 14.6 Å². The fourth-order valence-electron chi connectivity index (χ4n) is 6.21. The van der Waals surface area contributed by atoms with Crippen LogP contribution in [0.1, 0.15) is 214 Å². The normalized spacial score (nSPS) is 13.8. The van der Waals surface area contributed by atoms with Crippen molar-refractivity contribution >= 4 is 11.9 Å². The first-order valence-corrected chi connectivity index (χ1v) is 20.9. The van der Waals surface area contributed by atoms with E-state index in [4.69, 9.17) is 9.47 Å². The summed E-state index contributed by atoms with van der Waals surface area (Å²) in [6.45, 7) is 10.0. The summed E-state index contributed by atoms with van der Waals surface area (Å²) in [7, 11) is 0. The van der Waals surface area contributed by atoms with Gasteiger partial charge in [0.05, 0.1) is 6.10 Å². The van der Waals surface area contributed by atoms with E-state index in [0.717, 1.165) is 51.4 Å². The molecule has 6 heteroatoms. The zero-order chi connectivity index (χ0) is 36.2. The highest BCUT2D eigenvalue weighted by Gasteiger charge is 2.27. The van der Waals surface area contributed by atoms with Crippen LogP contribution < -0.4 is 0 Å². The number of nitrogens with zero attached hydrogens (tertiary/aromatic N) is 1. The van der Waals surface area contributed by atoms with Crippen molar-refractivity contribution in [3.05, 3.63) is 24.3 Å². The maximum absolute atomic E-state index is 12.6. The second-order valence-corrected chi connectivity index (χ2v) is 14.4. The van der Waals surface area contributed by atoms with Crippen LogP contribution in [0.2, 0.25) is 0 Å². The van der Waals surface area contributed by atoms with E-state index in [1.807, 2.05) is 0 Å². The van der Waals surface area contributed by atoms with Crippen LogP contribution in [0.4, 0.5) is 0 Å². The molecule has 3 unspecified atom stereocenters. The molecule has 0 rings (SSSR count). The minimum atomic E-state index is -0.641. The minimum absolute atomic E-state index is 0.243. The zero-order valence-electron chi connectivity index (χ0n) is 33.1. The van der Waals surface area contributed by atoms with Crippen LogP contribution >= 0.6 is 0 Å². The van der Waals surface area contributed by atoms with Gasteiger partial charge in [-0.25, -0.2) is 4.90 Å². The van der Waals surface area contributed by atoms with Crippen LogP contribution in [0.15, 0.2) is 24.3 Å². The number of hydrogen-bond donors (Lipinski definition) is 1. The molecule has 288 valence electrons. The molecule has 0 fully saturated rings. The number of ether oxygens (including phenoxy) is 2. The van der Waals surface area contributed by atoms with Crippen molar-refractivity contribution in [2.75, 3.05) is 6.54 Å². The first kappa shape index (κ1) is 47.3. The first-order valence-electron chi connectivity index (χ1n) is 20.9. The molecule has 0 radical (unpaired) electrons. The molecule has 6 nitrogen and oxygen atoms in total. The molecule has 0 aliphatic rings. The quantitative estimate of drug-likeness (QED) is 0.0305. The molecule has 49 heavy (non-hydrogen) atoms.